The molecule has 10 nitrogen and oxygen atoms in total. The van der Waals surface area contributed by atoms with Gasteiger partial charge in [0.2, 0.25) is 11.8 Å². The summed E-state index contributed by atoms with van der Waals surface area (Å²) in [6.07, 6.45) is 11.0. The molecule has 0 saturated heterocycles. The maximum atomic E-state index is 13.3. The molecule has 0 spiro atoms. The number of amides is 4. The van der Waals surface area contributed by atoms with Crippen LogP contribution in [0, 0.1) is 11.8 Å². The maximum Gasteiger partial charge on any atom is 0.273 e. The van der Waals surface area contributed by atoms with Gasteiger partial charge in [-0.15, -0.1) is 0 Å². The van der Waals surface area contributed by atoms with Crippen molar-refractivity contribution in [2.75, 3.05) is 0 Å². The second-order valence-electron chi connectivity index (χ2n) is 12.0. The first-order chi connectivity index (χ1) is 22.2. The highest BCUT2D eigenvalue weighted by Gasteiger charge is 2.27. The molecular weight excluding hydrogens is 584 g/mol. The van der Waals surface area contributed by atoms with Crippen LogP contribution in [0.1, 0.15) is 137 Å². The average Bonchev–Trinajstić information content (AvgIpc) is 3.05. The van der Waals surface area contributed by atoms with Crippen molar-refractivity contribution in [3.8, 4) is 11.5 Å². The fraction of sp³-hybridized carbons (Fsp3) is 0.556. The van der Waals surface area contributed by atoms with Crippen LogP contribution in [0.15, 0.2) is 36.4 Å². The van der Waals surface area contributed by atoms with Crippen molar-refractivity contribution >= 4 is 23.6 Å². The zero-order chi connectivity index (χ0) is 33.9. The van der Waals surface area contributed by atoms with Gasteiger partial charge in [0, 0.05) is 11.8 Å². The molecule has 6 N–H and O–H groups in total. The van der Waals surface area contributed by atoms with Gasteiger partial charge >= 0.3 is 0 Å². The summed E-state index contributed by atoms with van der Waals surface area (Å²) >= 11 is 0. The maximum absolute atomic E-state index is 13.3. The molecule has 0 aliphatic rings. The second-order valence-corrected chi connectivity index (χ2v) is 12.0. The molecule has 0 aliphatic heterocycles. The van der Waals surface area contributed by atoms with Crippen molar-refractivity contribution in [2.45, 2.75) is 118 Å². The summed E-state index contributed by atoms with van der Waals surface area (Å²) in [5.41, 5.74) is 11.3. The second kappa shape index (κ2) is 20.9. The number of unbranched alkanes of at least 4 members (excludes halogenated alkanes) is 6. The monoisotopic (exact) mass is 638 g/mol. The normalized spacial score (nSPS) is 12.2. The highest BCUT2D eigenvalue weighted by Crippen LogP contribution is 2.26. The summed E-state index contributed by atoms with van der Waals surface area (Å²) < 4.78 is 0. The predicted molar refractivity (Wildman–Crippen MR) is 180 cm³/mol. The van der Waals surface area contributed by atoms with Gasteiger partial charge in [0.05, 0.1) is 11.1 Å². The average molecular weight is 639 g/mol. The van der Waals surface area contributed by atoms with Gasteiger partial charge in [-0.2, -0.15) is 0 Å². The topological polar surface area (TPSA) is 157 Å². The van der Waals surface area contributed by atoms with Gasteiger partial charge in [0.1, 0.15) is 11.5 Å². The summed E-state index contributed by atoms with van der Waals surface area (Å²) in [6.45, 7) is 8.08. The number of hydrogen-bond donors (Lipinski definition) is 6. The smallest absolute Gasteiger partial charge is 0.273 e. The number of aromatic hydroxyl groups is 2. The third-order valence-corrected chi connectivity index (χ3v) is 8.39. The quantitative estimate of drug-likeness (QED) is 0.0773. The Balaban J connectivity index is 2.03. The van der Waals surface area contributed by atoms with Crippen LogP contribution >= 0.6 is 0 Å². The number of carbonyl (C=O) groups is 4. The molecule has 0 heterocycles. The van der Waals surface area contributed by atoms with Crippen molar-refractivity contribution in [1.82, 2.24) is 21.7 Å². The molecule has 254 valence electrons. The van der Waals surface area contributed by atoms with E-state index in [1.807, 2.05) is 6.92 Å². The molecule has 0 bridgehead atoms. The van der Waals surface area contributed by atoms with Gasteiger partial charge in [-0.05, 0) is 68.2 Å². The van der Waals surface area contributed by atoms with Gasteiger partial charge in [0.25, 0.3) is 11.8 Å². The predicted octanol–water partition coefficient (Wildman–Crippen LogP) is 6.40. The molecule has 0 aliphatic carbocycles. The lowest BCUT2D eigenvalue weighted by Crippen LogP contribution is -2.47. The van der Waals surface area contributed by atoms with Crippen LogP contribution < -0.4 is 21.7 Å². The van der Waals surface area contributed by atoms with Crippen LogP contribution in [0.5, 0.6) is 11.5 Å². The summed E-state index contributed by atoms with van der Waals surface area (Å²) in [5, 5.41) is 21.3. The summed E-state index contributed by atoms with van der Waals surface area (Å²) in [7, 11) is 0. The van der Waals surface area contributed by atoms with Crippen molar-refractivity contribution in [3.63, 3.8) is 0 Å². The van der Waals surface area contributed by atoms with E-state index in [0.717, 1.165) is 57.8 Å². The standard InChI is InChI=1S/C36H54N4O6/c1-5-9-12-17-26-20-15-22-29(31(26)41)35(45)39-37-33(43)25(8-4)24-28(19-14-11-7-3)34(44)38-40-36(46)30-23-16-21-27(32(30)42)18-13-10-6-2/h15-16,20-23,25,28,41-42H,5-14,17-19,24H2,1-4H3,(H,37,43)(H,38,44)(H,39,45)(H,40,46). The van der Waals surface area contributed by atoms with Crippen molar-refractivity contribution in [2.24, 2.45) is 11.8 Å². The number of hydrogen-bond acceptors (Lipinski definition) is 6. The molecule has 2 aromatic carbocycles. The highest BCUT2D eigenvalue weighted by molar-refractivity contribution is 5.99. The number of hydrazine groups is 2. The van der Waals surface area contributed by atoms with Crippen LogP contribution in [0.25, 0.3) is 0 Å². The highest BCUT2D eigenvalue weighted by atomic mass is 16.3. The zero-order valence-electron chi connectivity index (χ0n) is 28.0. The number of rotatable bonds is 19. The molecule has 2 aromatic rings. The molecule has 2 rings (SSSR count). The Kier molecular flexibility index (Phi) is 17.3. The number of phenols is 2. The minimum absolute atomic E-state index is 0.0763. The number of aryl methyl sites for hydroxylation is 2. The van der Waals surface area contributed by atoms with Crippen molar-refractivity contribution in [3.05, 3.63) is 58.7 Å². The lowest BCUT2D eigenvalue weighted by atomic mass is 9.88. The number of carbonyl (C=O) groups excluding carboxylic acids is 4. The molecule has 46 heavy (non-hydrogen) atoms. The van der Waals surface area contributed by atoms with E-state index in [4.69, 9.17) is 0 Å². The fourth-order valence-electron chi connectivity index (χ4n) is 5.46. The molecular formula is C36H54N4O6. The van der Waals surface area contributed by atoms with Crippen LogP contribution in [0.4, 0.5) is 0 Å². The van der Waals surface area contributed by atoms with Gasteiger partial charge in [-0.25, -0.2) is 0 Å². The van der Waals surface area contributed by atoms with E-state index in [9.17, 15) is 29.4 Å². The third-order valence-electron chi connectivity index (χ3n) is 8.39. The molecule has 0 radical (unpaired) electrons. The Bertz CT molecular complexity index is 1280. The molecule has 0 fully saturated rings. The summed E-state index contributed by atoms with van der Waals surface area (Å²) in [5.74, 6) is -3.48. The van der Waals surface area contributed by atoms with Gasteiger partial charge in [-0.1, -0.05) is 96.9 Å². The Morgan fingerprint density at radius 3 is 1.46 bits per heavy atom. The Hall–Kier alpha value is -4.08. The number of benzene rings is 2. The summed E-state index contributed by atoms with van der Waals surface area (Å²) in [6, 6.07) is 10.00. The molecule has 2 unspecified atom stereocenters. The van der Waals surface area contributed by atoms with E-state index >= 15 is 0 Å². The first-order valence-corrected chi connectivity index (χ1v) is 17.0. The largest absolute Gasteiger partial charge is 0.507 e. The molecule has 10 heteroatoms. The summed E-state index contributed by atoms with van der Waals surface area (Å²) in [4.78, 5) is 52.1. The first kappa shape index (κ1) is 38.1. The lowest BCUT2D eigenvalue weighted by molar-refractivity contribution is -0.129. The minimum atomic E-state index is -0.629. The molecule has 0 aromatic heterocycles. The lowest BCUT2D eigenvalue weighted by Gasteiger charge is -2.22. The number of para-hydroxylation sites is 2. The van der Waals surface area contributed by atoms with Crippen LogP contribution in [0.3, 0.4) is 0 Å². The minimum Gasteiger partial charge on any atom is -0.507 e. The van der Waals surface area contributed by atoms with E-state index in [0.29, 0.717) is 36.8 Å². The van der Waals surface area contributed by atoms with Crippen LogP contribution in [0.2, 0.25) is 0 Å². The van der Waals surface area contributed by atoms with Gasteiger partial charge in [0.15, 0.2) is 0 Å². The van der Waals surface area contributed by atoms with E-state index in [2.05, 4.69) is 42.5 Å². The Labute approximate surface area is 274 Å². The van der Waals surface area contributed by atoms with Crippen LogP contribution in [-0.2, 0) is 22.4 Å². The van der Waals surface area contributed by atoms with E-state index in [-0.39, 0.29) is 29.0 Å². The fourth-order valence-corrected chi connectivity index (χ4v) is 5.46. The first-order valence-electron chi connectivity index (χ1n) is 17.0. The van der Waals surface area contributed by atoms with Crippen LogP contribution in [-0.4, -0.2) is 33.8 Å². The molecule has 4 amide bonds. The van der Waals surface area contributed by atoms with E-state index < -0.39 is 35.5 Å². The SMILES string of the molecule is CCCCCc1cccc(C(=O)NNC(=O)C(CC)CC(CCCCC)C(=O)NNC(=O)c2cccc(CCCCC)c2O)c1O. The van der Waals surface area contributed by atoms with Gasteiger partial charge in [-0.3, -0.25) is 40.9 Å². The van der Waals surface area contributed by atoms with Crippen molar-refractivity contribution < 1.29 is 29.4 Å². The zero-order valence-corrected chi connectivity index (χ0v) is 28.0. The van der Waals surface area contributed by atoms with E-state index in [1.54, 1.807) is 24.3 Å². The number of phenolic OH excluding ortho intramolecular Hbond substituents is 2. The Morgan fingerprint density at radius 1 is 0.587 bits per heavy atom. The van der Waals surface area contributed by atoms with Gasteiger partial charge < -0.3 is 10.2 Å². The molecule has 2 atom stereocenters. The molecule has 0 saturated carbocycles. The third kappa shape index (κ3) is 12.0. The number of nitrogens with one attached hydrogen (secondary N) is 4. The Morgan fingerprint density at radius 2 is 1.02 bits per heavy atom. The van der Waals surface area contributed by atoms with Crippen molar-refractivity contribution in [1.29, 1.82) is 0 Å². The van der Waals surface area contributed by atoms with E-state index in [1.165, 1.54) is 12.1 Å².